The monoisotopic (exact) mass is 313 g/mol. The van der Waals surface area contributed by atoms with Gasteiger partial charge in [-0.05, 0) is 18.2 Å². The third-order valence-electron chi connectivity index (χ3n) is 3.86. The molecule has 0 fully saturated rings. The number of hydrogen-bond donors (Lipinski definition) is 2. The molecule has 2 aromatic carbocycles. The van der Waals surface area contributed by atoms with Gasteiger partial charge in [0.05, 0.1) is 17.6 Å². The molecule has 0 saturated heterocycles. The number of anilines is 1. The van der Waals surface area contributed by atoms with Crippen molar-refractivity contribution in [2.45, 2.75) is 0 Å². The summed E-state index contributed by atoms with van der Waals surface area (Å²) in [5, 5.41) is 12.3. The van der Waals surface area contributed by atoms with E-state index in [9.17, 15) is 0 Å². The highest BCUT2D eigenvalue weighted by atomic mass is 15.1. The van der Waals surface area contributed by atoms with Crippen molar-refractivity contribution in [2.75, 3.05) is 18.8 Å². The molecule has 116 valence electrons. The Hall–Kier alpha value is -3.39. The number of aromatic nitrogens is 2. The molecular formula is C19H15N5. The van der Waals surface area contributed by atoms with Crippen molar-refractivity contribution < 1.29 is 0 Å². The Morgan fingerprint density at radius 1 is 0.958 bits per heavy atom. The SMILES string of the molecule is Nc1nnc2ccccc2c1C#Cc1ccc(C2=NCCN2)cc1. The van der Waals surface area contributed by atoms with Crippen LogP contribution in [-0.2, 0) is 0 Å². The van der Waals surface area contributed by atoms with Crippen LogP contribution < -0.4 is 11.1 Å². The van der Waals surface area contributed by atoms with Crippen molar-refractivity contribution in [2.24, 2.45) is 4.99 Å². The van der Waals surface area contributed by atoms with Gasteiger partial charge in [0.2, 0.25) is 0 Å². The molecule has 0 amide bonds. The molecule has 5 heteroatoms. The molecule has 1 aliphatic rings. The molecule has 5 nitrogen and oxygen atoms in total. The van der Waals surface area contributed by atoms with Gasteiger partial charge in [0.1, 0.15) is 5.84 Å². The number of amidine groups is 1. The first-order valence-electron chi connectivity index (χ1n) is 7.73. The largest absolute Gasteiger partial charge is 0.381 e. The number of nitrogens with two attached hydrogens (primary N) is 1. The van der Waals surface area contributed by atoms with Gasteiger partial charge in [-0.15, -0.1) is 10.2 Å². The molecule has 3 N–H and O–H groups in total. The van der Waals surface area contributed by atoms with E-state index in [1.165, 1.54) is 0 Å². The molecule has 0 unspecified atom stereocenters. The van der Waals surface area contributed by atoms with E-state index in [0.29, 0.717) is 11.4 Å². The van der Waals surface area contributed by atoms with E-state index >= 15 is 0 Å². The summed E-state index contributed by atoms with van der Waals surface area (Å²) in [6.07, 6.45) is 0. The van der Waals surface area contributed by atoms with Crippen molar-refractivity contribution in [1.29, 1.82) is 0 Å². The van der Waals surface area contributed by atoms with Gasteiger partial charge in [-0.3, -0.25) is 4.99 Å². The molecule has 0 atom stereocenters. The predicted molar refractivity (Wildman–Crippen MR) is 95.8 cm³/mol. The third-order valence-corrected chi connectivity index (χ3v) is 3.86. The standard InChI is InChI=1S/C19H15N5/c20-18-16(15-3-1-2-4-17(15)23-24-18)10-7-13-5-8-14(9-6-13)19-21-11-12-22-19/h1-6,8-9H,11-12H2,(H2,20,24)(H,21,22). The first kappa shape index (κ1) is 14.2. The highest BCUT2D eigenvalue weighted by molar-refractivity contribution is 5.99. The van der Waals surface area contributed by atoms with Crippen LogP contribution >= 0.6 is 0 Å². The smallest absolute Gasteiger partial charge is 0.162 e. The molecule has 0 saturated carbocycles. The second-order valence-electron chi connectivity index (χ2n) is 5.46. The summed E-state index contributed by atoms with van der Waals surface area (Å²) >= 11 is 0. The predicted octanol–water partition coefficient (Wildman–Crippen LogP) is 1.96. The van der Waals surface area contributed by atoms with Crippen LogP contribution in [0.4, 0.5) is 5.82 Å². The Morgan fingerprint density at radius 3 is 2.58 bits per heavy atom. The fraction of sp³-hybridized carbons (Fsp3) is 0.105. The molecule has 24 heavy (non-hydrogen) atoms. The summed E-state index contributed by atoms with van der Waals surface area (Å²) in [5.74, 6) is 7.59. The van der Waals surface area contributed by atoms with Crippen LogP contribution in [0.15, 0.2) is 53.5 Å². The molecule has 2 heterocycles. The van der Waals surface area contributed by atoms with E-state index in [-0.39, 0.29) is 0 Å². The fourth-order valence-electron chi connectivity index (χ4n) is 2.64. The summed E-state index contributed by atoms with van der Waals surface area (Å²) in [6, 6.07) is 15.7. The Balaban J connectivity index is 1.68. The Bertz CT molecular complexity index is 994. The van der Waals surface area contributed by atoms with E-state index in [2.05, 4.69) is 32.3 Å². The number of nitrogen functional groups attached to an aromatic ring is 1. The highest BCUT2D eigenvalue weighted by Gasteiger charge is 2.07. The van der Waals surface area contributed by atoms with E-state index in [4.69, 9.17) is 5.73 Å². The fourth-order valence-corrected chi connectivity index (χ4v) is 2.64. The molecule has 4 rings (SSSR count). The number of aliphatic imine (C=N–C) groups is 1. The van der Waals surface area contributed by atoms with Crippen molar-refractivity contribution in [3.05, 3.63) is 65.2 Å². The normalized spacial score (nSPS) is 13.1. The van der Waals surface area contributed by atoms with Gasteiger partial charge in [-0.1, -0.05) is 42.2 Å². The zero-order valence-electron chi connectivity index (χ0n) is 13.0. The minimum absolute atomic E-state index is 0.349. The number of nitrogens with one attached hydrogen (secondary N) is 1. The summed E-state index contributed by atoms with van der Waals surface area (Å²) in [7, 11) is 0. The van der Waals surface area contributed by atoms with Crippen LogP contribution in [0.3, 0.4) is 0 Å². The quantitative estimate of drug-likeness (QED) is 0.673. The van der Waals surface area contributed by atoms with Crippen molar-refractivity contribution in [3.63, 3.8) is 0 Å². The molecule has 1 aliphatic heterocycles. The maximum Gasteiger partial charge on any atom is 0.162 e. The molecule has 1 aromatic heterocycles. The van der Waals surface area contributed by atoms with E-state index in [1.54, 1.807) is 0 Å². The zero-order valence-corrected chi connectivity index (χ0v) is 13.0. The summed E-state index contributed by atoms with van der Waals surface area (Å²) in [5.41, 5.74) is 9.45. The first-order chi connectivity index (χ1) is 11.8. The van der Waals surface area contributed by atoms with Gasteiger partial charge in [-0.25, -0.2) is 0 Å². The maximum atomic E-state index is 5.96. The van der Waals surface area contributed by atoms with Gasteiger partial charge in [-0.2, -0.15) is 0 Å². The van der Waals surface area contributed by atoms with Crippen LogP contribution in [-0.4, -0.2) is 29.1 Å². The van der Waals surface area contributed by atoms with Crippen LogP contribution in [0, 0.1) is 11.8 Å². The van der Waals surface area contributed by atoms with Crippen LogP contribution in [0.1, 0.15) is 16.7 Å². The molecule has 0 aliphatic carbocycles. The lowest BCUT2D eigenvalue weighted by molar-refractivity contribution is 0.960. The van der Waals surface area contributed by atoms with E-state index < -0.39 is 0 Å². The number of benzene rings is 2. The number of hydrogen-bond acceptors (Lipinski definition) is 5. The van der Waals surface area contributed by atoms with Crippen molar-refractivity contribution in [1.82, 2.24) is 15.5 Å². The third kappa shape index (κ3) is 2.66. The second-order valence-corrected chi connectivity index (χ2v) is 5.46. The van der Waals surface area contributed by atoms with Crippen LogP contribution in [0.2, 0.25) is 0 Å². The van der Waals surface area contributed by atoms with Gasteiger partial charge in [0.25, 0.3) is 0 Å². The Labute approximate surface area is 139 Å². The molecular weight excluding hydrogens is 298 g/mol. The molecule has 3 aromatic rings. The van der Waals surface area contributed by atoms with E-state index in [0.717, 1.165) is 41.0 Å². The Morgan fingerprint density at radius 2 is 1.79 bits per heavy atom. The van der Waals surface area contributed by atoms with Crippen LogP contribution in [0.5, 0.6) is 0 Å². The Kier molecular flexibility index (Phi) is 3.56. The summed E-state index contributed by atoms with van der Waals surface area (Å²) < 4.78 is 0. The number of fused-ring (bicyclic) bond motifs is 1. The van der Waals surface area contributed by atoms with Crippen molar-refractivity contribution in [3.8, 4) is 11.8 Å². The second kappa shape index (κ2) is 6.01. The average Bonchev–Trinajstić information content (AvgIpc) is 3.16. The van der Waals surface area contributed by atoms with Gasteiger partial charge >= 0.3 is 0 Å². The van der Waals surface area contributed by atoms with Crippen molar-refractivity contribution >= 4 is 22.6 Å². The average molecular weight is 313 g/mol. The van der Waals surface area contributed by atoms with Gasteiger partial charge in [0.15, 0.2) is 5.82 Å². The minimum atomic E-state index is 0.349. The topological polar surface area (TPSA) is 76.2 Å². The molecule has 0 spiro atoms. The number of rotatable bonds is 1. The summed E-state index contributed by atoms with van der Waals surface area (Å²) in [6.45, 7) is 1.73. The lowest BCUT2D eigenvalue weighted by Crippen LogP contribution is -2.19. The molecule has 0 radical (unpaired) electrons. The molecule has 0 bridgehead atoms. The number of nitrogens with zero attached hydrogens (tertiary/aromatic N) is 3. The van der Waals surface area contributed by atoms with E-state index in [1.807, 2.05) is 48.5 Å². The minimum Gasteiger partial charge on any atom is -0.381 e. The zero-order chi connectivity index (χ0) is 16.4. The van der Waals surface area contributed by atoms with Crippen LogP contribution in [0.25, 0.3) is 10.9 Å². The first-order valence-corrected chi connectivity index (χ1v) is 7.73. The highest BCUT2D eigenvalue weighted by Crippen LogP contribution is 2.19. The lowest BCUT2D eigenvalue weighted by Gasteiger charge is -2.02. The lowest BCUT2D eigenvalue weighted by atomic mass is 10.1. The maximum absolute atomic E-state index is 5.96. The van der Waals surface area contributed by atoms with Gasteiger partial charge < -0.3 is 11.1 Å². The van der Waals surface area contributed by atoms with Gasteiger partial charge in [0, 0.05) is 23.1 Å². The summed E-state index contributed by atoms with van der Waals surface area (Å²) in [4.78, 5) is 4.41.